The fourth-order valence-electron chi connectivity index (χ4n) is 3.25. The van der Waals surface area contributed by atoms with Crippen LogP contribution in [0.25, 0.3) is 11.3 Å². The lowest BCUT2D eigenvalue weighted by Crippen LogP contribution is -2.15. The molecule has 0 spiro atoms. The van der Waals surface area contributed by atoms with Gasteiger partial charge in [-0.1, -0.05) is 12.1 Å². The molecule has 1 amide bonds. The fourth-order valence-corrected chi connectivity index (χ4v) is 3.25. The average molecular weight is 334 g/mol. The largest absolute Gasteiger partial charge is 0.329 e. The molecule has 4 rings (SSSR count). The minimum atomic E-state index is -0.313. The third-order valence-electron chi connectivity index (χ3n) is 4.49. The summed E-state index contributed by atoms with van der Waals surface area (Å²) in [6, 6.07) is 10.5. The van der Waals surface area contributed by atoms with Crippen LogP contribution in [0.15, 0.2) is 47.4 Å². The lowest BCUT2D eigenvalue weighted by atomic mass is 9.93. The summed E-state index contributed by atoms with van der Waals surface area (Å²) in [5.74, 6) is -0.313. The molecule has 0 saturated heterocycles. The second-order valence-electron chi connectivity index (χ2n) is 6.21. The molecule has 1 aromatic carbocycles. The molecular weight excluding hydrogens is 316 g/mol. The molecule has 3 N–H and O–H groups in total. The maximum absolute atomic E-state index is 12.3. The van der Waals surface area contributed by atoms with Crippen LogP contribution < -0.4 is 10.9 Å². The van der Waals surface area contributed by atoms with E-state index < -0.39 is 0 Å². The van der Waals surface area contributed by atoms with Crippen LogP contribution in [0.1, 0.15) is 34.5 Å². The number of aromatic nitrogens is 3. The van der Waals surface area contributed by atoms with Crippen LogP contribution in [0.4, 0.5) is 5.69 Å². The fraction of sp³-hybridized carbons (Fsp3) is 0.211. The molecule has 0 unspecified atom stereocenters. The summed E-state index contributed by atoms with van der Waals surface area (Å²) in [6.07, 6.45) is 5.91. The SMILES string of the molecule is O=C(Nc1cccc(-c2n[nH]c3c2CCCC3)c1)c1cc[nH]c(=O)c1. The zero-order chi connectivity index (χ0) is 17.2. The second-order valence-corrected chi connectivity index (χ2v) is 6.21. The number of carbonyl (C=O) groups excluding carboxylic acids is 1. The van der Waals surface area contributed by atoms with E-state index >= 15 is 0 Å². The minimum absolute atomic E-state index is 0.301. The smallest absolute Gasteiger partial charge is 0.255 e. The highest BCUT2D eigenvalue weighted by molar-refractivity contribution is 6.04. The van der Waals surface area contributed by atoms with Gasteiger partial charge in [0.1, 0.15) is 0 Å². The van der Waals surface area contributed by atoms with E-state index in [1.165, 1.54) is 36.4 Å². The van der Waals surface area contributed by atoms with E-state index in [4.69, 9.17) is 0 Å². The molecule has 6 heteroatoms. The summed E-state index contributed by atoms with van der Waals surface area (Å²) in [5.41, 5.74) is 5.14. The molecule has 0 fully saturated rings. The number of hydrogen-bond acceptors (Lipinski definition) is 3. The monoisotopic (exact) mass is 334 g/mol. The van der Waals surface area contributed by atoms with E-state index in [9.17, 15) is 9.59 Å². The van der Waals surface area contributed by atoms with Gasteiger partial charge in [0.2, 0.25) is 5.56 Å². The van der Waals surface area contributed by atoms with Gasteiger partial charge in [0.25, 0.3) is 5.91 Å². The number of nitrogens with one attached hydrogen (secondary N) is 3. The Morgan fingerprint density at radius 1 is 1.12 bits per heavy atom. The lowest BCUT2D eigenvalue weighted by molar-refractivity contribution is 0.102. The van der Waals surface area contributed by atoms with Crippen molar-refractivity contribution >= 4 is 11.6 Å². The maximum Gasteiger partial charge on any atom is 0.255 e. The molecule has 1 aliphatic rings. The molecule has 0 aliphatic heterocycles. The van der Waals surface area contributed by atoms with Gasteiger partial charge < -0.3 is 10.3 Å². The van der Waals surface area contributed by atoms with Crippen LogP contribution in [0.2, 0.25) is 0 Å². The van der Waals surface area contributed by atoms with Gasteiger partial charge in [-0.25, -0.2) is 0 Å². The first-order valence-electron chi connectivity index (χ1n) is 8.37. The molecule has 6 nitrogen and oxygen atoms in total. The first-order chi connectivity index (χ1) is 12.2. The number of nitrogens with zero attached hydrogens (tertiary/aromatic N) is 1. The molecule has 126 valence electrons. The highest BCUT2D eigenvalue weighted by Gasteiger charge is 2.18. The van der Waals surface area contributed by atoms with Gasteiger partial charge in [-0.15, -0.1) is 0 Å². The van der Waals surface area contributed by atoms with Crippen molar-refractivity contribution in [3.63, 3.8) is 0 Å². The van der Waals surface area contributed by atoms with E-state index in [2.05, 4.69) is 20.5 Å². The van der Waals surface area contributed by atoms with Crippen molar-refractivity contribution in [2.45, 2.75) is 25.7 Å². The third kappa shape index (κ3) is 3.10. The number of carbonyl (C=O) groups is 1. The number of aryl methyl sites for hydroxylation is 1. The zero-order valence-electron chi connectivity index (χ0n) is 13.6. The number of anilines is 1. The Bertz CT molecular complexity index is 987. The van der Waals surface area contributed by atoms with Crippen LogP contribution >= 0.6 is 0 Å². The molecule has 2 heterocycles. The number of H-pyrrole nitrogens is 2. The van der Waals surface area contributed by atoms with Gasteiger partial charge in [0.15, 0.2) is 0 Å². The van der Waals surface area contributed by atoms with Crippen molar-refractivity contribution < 1.29 is 4.79 Å². The van der Waals surface area contributed by atoms with Gasteiger partial charge >= 0.3 is 0 Å². The van der Waals surface area contributed by atoms with E-state index in [0.29, 0.717) is 11.3 Å². The maximum atomic E-state index is 12.3. The van der Waals surface area contributed by atoms with Crippen molar-refractivity contribution in [1.29, 1.82) is 0 Å². The topological polar surface area (TPSA) is 90.6 Å². The minimum Gasteiger partial charge on any atom is -0.329 e. The normalized spacial score (nSPS) is 13.3. The predicted octanol–water partition coefficient (Wildman–Crippen LogP) is 2.90. The standard InChI is InChI=1S/C19H18N4O2/c24-17-11-13(8-9-20-17)19(25)21-14-5-3-4-12(10-14)18-15-6-1-2-7-16(15)22-23-18/h3-5,8-11H,1-2,6-7H2,(H,20,24)(H,21,25)(H,22,23). The molecule has 25 heavy (non-hydrogen) atoms. The first kappa shape index (κ1) is 15.4. The molecule has 0 saturated carbocycles. The number of aromatic amines is 2. The number of fused-ring (bicyclic) bond motifs is 1. The number of hydrogen-bond donors (Lipinski definition) is 3. The van der Waals surface area contributed by atoms with Crippen molar-refractivity contribution in [2.75, 3.05) is 5.32 Å². The van der Waals surface area contributed by atoms with Gasteiger partial charge in [0, 0.05) is 40.3 Å². The summed E-state index contributed by atoms with van der Waals surface area (Å²) in [4.78, 5) is 26.2. The number of pyridine rings is 1. The van der Waals surface area contributed by atoms with Crippen LogP contribution in [-0.4, -0.2) is 21.1 Å². The van der Waals surface area contributed by atoms with Crippen molar-refractivity contribution in [3.8, 4) is 11.3 Å². The molecular formula is C19H18N4O2. The zero-order valence-corrected chi connectivity index (χ0v) is 13.6. The highest BCUT2D eigenvalue weighted by Crippen LogP contribution is 2.30. The number of benzene rings is 1. The Hall–Kier alpha value is -3.15. The third-order valence-corrected chi connectivity index (χ3v) is 4.49. The molecule has 0 radical (unpaired) electrons. The summed E-state index contributed by atoms with van der Waals surface area (Å²) < 4.78 is 0. The van der Waals surface area contributed by atoms with Crippen molar-refractivity contribution in [3.05, 3.63) is 69.8 Å². The van der Waals surface area contributed by atoms with Gasteiger partial charge in [0.05, 0.1) is 5.69 Å². The van der Waals surface area contributed by atoms with Gasteiger partial charge in [-0.05, 0) is 43.9 Å². The number of amides is 1. The van der Waals surface area contributed by atoms with E-state index in [-0.39, 0.29) is 11.5 Å². The second kappa shape index (κ2) is 6.39. The van der Waals surface area contributed by atoms with Gasteiger partial charge in [-0.2, -0.15) is 5.10 Å². The molecule has 0 atom stereocenters. The average Bonchev–Trinajstić information content (AvgIpc) is 3.06. The Morgan fingerprint density at radius 2 is 2.00 bits per heavy atom. The van der Waals surface area contributed by atoms with Crippen LogP contribution in [-0.2, 0) is 12.8 Å². The lowest BCUT2D eigenvalue weighted by Gasteiger charge is -2.12. The Morgan fingerprint density at radius 3 is 2.88 bits per heavy atom. The summed E-state index contributed by atoms with van der Waals surface area (Å²) in [5, 5.41) is 10.5. The molecule has 3 aromatic rings. The summed E-state index contributed by atoms with van der Waals surface area (Å²) in [6.45, 7) is 0. The van der Waals surface area contributed by atoms with Crippen molar-refractivity contribution in [1.82, 2.24) is 15.2 Å². The molecule has 1 aliphatic carbocycles. The van der Waals surface area contributed by atoms with Gasteiger partial charge in [-0.3, -0.25) is 14.7 Å². The first-order valence-corrected chi connectivity index (χ1v) is 8.37. The Balaban J connectivity index is 1.61. The summed E-state index contributed by atoms with van der Waals surface area (Å²) >= 11 is 0. The molecule has 0 bridgehead atoms. The predicted molar refractivity (Wildman–Crippen MR) is 95.7 cm³/mol. The van der Waals surface area contributed by atoms with Crippen LogP contribution in [0, 0.1) is 0 Å². The molecule has 2 aromatic heterocycles. The van der Waals surface area contributed by atoms with Crippen LogP contribution in [0.5, 0.6) is 0 Å². The Kier molecular flexibility index (Phi) is 3.93. The van der Waals surface area contributed by atoms with Crippen molar-refractivity contribution in [2.24, 2.45) is 0 Å². The van der Waals surface area contributed by atoms with Crippen LogP contribution in [0.3, 0.4) is 0 Å². The van der Waals surface area contributed by atoms with E-state index in [1.807, 2.05) is 24.3 Å². The summed E-state index contributed by atoms with van der Waals surface area (Å²) in [7, 11) is 0. The van der Waals surface area contributed by atoms with E-state index in [0.717, 1.165) is 24.1 Å². The van der Waals surface area contributed by atoms with E-state index in [1.54, 1.807) is 6.07 Å². The Labute approximate surface area is 144 Å². The highest BCUT2D eigenvalue weighted by atomic mass is 16.2. The number of rotatable bonds is 3. The quantitative estimate of drug-likeness (QED) is 0.688.